The van der Waals surface area contributed by atoms with Crippen LogP contribution in [0, 0.1) is 11.8 Å². The first-order chi connectivity index (χ1) is 9.55. The summed E-state index contributed by atoms with van der Waals surface area (Å²) in [5.41, 5.74) is 0.972. The number of rotatable bonds is 6. The van der Waals surface area contributed by atoms with Crippen LogP contribution in [0.1, 0.15) is 25.3 Å². The second-order valence-corrected chi connectivity index (χ2v) is 6.11. The molecule has 0 spiro atoms. The maximum Gasteiger partial charge on any atom is 0.220 e. The predicted molar refractivity (Wildman–Crippen MR) is 81.0 cm³/mol. The van der Waals surface area contributed by atoms with Gasteiger partial charge >= 0.3 is 0 Å². The topological polar surface area (TPSA) is 47.6 Å². The molecule has 2 atom stereocenters. The summed E-state index contributed by atoms with van der Waals surface area (Å²) in [7, 11) is 3.20. The summed E-state index contributed by atoms with van der Waals surface area (Å²) in [5.74, 6) is 2.72. The van der Waals surface area contributed by atoms with Crippen LogP contribution in [0.15, 0.2) is 16.6 Å². The molecule has 1 aliphatic rings. The Labute approximate surface area is 128 Å². The molecule has 1 aliphatic carbocycles. The van der Waals surface area contributed by atoms with Gasteiger partial charge in [-0.1, -0.05) is 22.9 Å². The van der Waals surface area contributed by atoms with E-state index in [0.29, 0.717) is 36.3 Å². The number of methoxy groups -OCH3 is 2. The maximum atomic E-state index is 11.8. The smallest absolute Gasteiger partial charge is 0.220 e. The summed E-state index contributed by atoms with van der Waals surface area (Å²) in [5, 5.41) is 2.96. The summed E-state index contributed by atoms with van der Waals surface area (Å²) in [6.07, 6.45) is 1.81. The van der Waals surface area contributed by atoms with Crippen LogP contribution in [0.5, 0.6) is 11.5 Å². The molecule has 0 saturated heterocycles. The lowest BCUT2D eigenvalue weighted by molar-refractivity contribution is -0.121. The van der Waals surface area contributed by atoms with E-state index in [-0.39, 0.29) is 5.91 Å². The van der Waals surface area contributed by atoms with Crippen molar-refractivity contribution in [1.82, 2.24) is 5.32 Å². The molecule has 0 radical (unpaired) electrons. The molecule has 110 valence electrons. The number of hydrogen-bond donors (Lipinski definition) is 1. The number of nitrogens with one attached hydrogen (secondary N) is 1. The third-order valence-corrected chi connectivity index (χ3v) is 4.49. The summed E-state index contributed by atoms with van der Waals surface area (Å²) < 4.78 is 11.4. The quantitative estimate of drug-likeness (QED) is 0.864. The highest BCUT2D eigenvalue weighted by Crippen LogP contribution is 2.40. The van der Waals surface area contributed by atoms with Gasteiger partial charge in [0.2, 0.25) is 5.91 Å². The third kappa shape index (κ3) is 3.66. The van der Waals surface area contributed by atoms with Gasteiger partial charge in [0.05, 0.1) is 14.2 Å². The van der Waals surface area contributed by atoms with Gasteiger partial charge in [-0.25, -0.2) is 0 Å². The molecule has 4 nitrogen and oxygen atoms in total. The average molecular weight is 342 g/mol. The number of benzene rings is 1. The number of amides is 1. The van der Waals surface area contributed by atoms with E-state index >= 15 is 0 Å². The zero-order valence-corrected chi connectivity index (χ0v) is 13.6. The summed E-state index contributed by atoms with van der Waals surface area (Å²) in [6, 6.07) is 3.73. The number of ether oxygens (including phenoxy) is 2. The van der Waals surface area contributed by atoms with Crippen LogP contribution in [-0.4, -0.2) is 20.1 Å². The zero-order valence-electron chi connectivity index (χ0n) is 12.0. The van der Waals surface area contributed by atoms with Gasteiger partial charge in [0.15, 0.2) is 11.5 Å². The standard InChI is InChI=1S/C15H20BrNO3/c1-9-4-10(9)6-15(18)17-8-11-5-13(19-2)14(20-3)7-12(11)16/h5,7,9-10H,4,6,8H2,1-3H3,(H,17,18). The Morgan fingerprint density at radius 2 is 1.95 bits per heavy atom. The van der Waals surface area contributed by atoms with Gasteiger partial charge < -0.3 is 14.8 Å². The Kier molecular flexibility index (Phi) is 4.91. The molecular formula is C15H20BrNO3. The van der Waals surface area contributed by atoms with Crippen molar-refractivity contribution in [3.05, 3.63) is 22.2 Å². The van der Waals surface area contributed by atoms with Gasteiger partial charge in [-0.2, -0.15) is 0 Å². The maximum absolute atomic E-state index is 11.8. The van der Waals surface area contributed by atoms with E-state index < -0.39 is 0 Å². The molecule has 2 rings (SSSR count). The molecule has 1 aromatic carbocycles. The van der Waals surface area contributed by atoms with Crippen molar-refractivity contribution in [2.24, 2.45) is 11.8 Å². The molecule has 1 amide bonds. The van der Waals surface area contributed by atoms with E-state index in [1.807, 2.05) is 12.1 Å². The van der Waals surface area contributed by atoms with E-state index in [9.17, 15) is 4.79 Å². The molecule has 5 heteroatoms. The monoisotopic (exact) mass is 341 g/mol. The van der Waals surface area contributed by atoms with Crippen LogP contribution in [0.3, 0.4) is 0 Å². The Morgan fingerprint density at radius 1 is 1.35 bits per heavy atom. The molecule has 1 aromatic rings. The van der Waals surface area contributed by atoms with Crippen LogP contribution in [0.25, 0.3) is 0 Å². The second-order valence-electron chi connectivity index (χ2n) is 5.25. The van der Waals surface area contributed by atoms with Gasteiger partial charge in [0.25, 0.3) is 0 Å². The van der Waals surface area contributed by atoms with Crippen molar-refractivity contribution >= 4 is 21.8 Å². The van der Waals surface area contributed by atoms with Gasteiger partial charge in [0, 0.05) is 17.4 Å². The molecule has 0 aromatic heterocycles. The first-order valence-electron chi connectivity index (χ1n) is 6.72. The molecule has 1 N–H and O–H groups in total. The second kappa shape index (κ2) is 6.48. The van der Waals surface area contributed by atoms with Gasteiger partial charge in [-0.3, -0.25) is 4.79 Å². The third-order valence-electron chi connectivity index (χ3n) is 3.75. The van der Waals surface area contributed by atoms with Gasteiger partial charge in [-0.15, -0.1) is 0 Å². The Hall–Kier alpha value is -1.23. The molecule has 1 fully saturated rings. The van der Waals surface area contributed by atoms with Gasteiger partial charge in [0.1, 0.15) is 0 Å². The lowest BCUT2D eigenvalue weighted by Gasteiger charge is -2.12. The molecule has 0 heterocycles. The number of hydrogen-bond acceptors (Lipinski definition) is 3. The molecular weight excluding hydrogens is 322 g/mol. The van der Waals surface area contributed by atoms with Gasteiger partial charge in [-0.05, 0) is 36.0 Å². The van der Waals surface area contributed by atoms with Crippen molar-refractivity contribution in [2.45, 2.75) is 26.3 Å². The average Bonchev–Trinajstić information content (AvgIpc) is 3.12. The normalized spacial score (nSPS) is 20.4. The lowest BCUT2D eigenvalue weighted by Crippen LogP contribution is -2.23. The van der Waals surface area contributed by atoms with Crippen molar-refractivity contribution < 1.29 is 14.3 Å². The highest BCUT2D eigenvalue weighted by molar-refractivity contribution is 9.10. The summed E-state index contributed by atoms with van der Waals surface area (Å²) >= 11 is 3.49. The van der Waals surface area contributed by atoms with E-state index in [2.05, 4.69) is 28.2 Å². The van der Waals surface area contributed by atoms with Crippen LogP contribution in [0.4, 0.5) is 0 Å². The highest BCUT2D eigenvalue weighted by Gasteiger charge is 2.34. The zero-order chi connectivity index (χ0) is 14.7. The molecule has 2 unspecified atom stereocenters. The summed E-state index contributed by atoms with van der Waals surface area (Å²) in [6.45, 7) is 2.67. The van der Waals surface area contributed by atoms with Crippen LogP contribution in [0.2, 0.25) is 0 Å². The highest BCUT2D eigenvalue weighted by atomic mass is 79.9. The van der Waals surface area contributed by atoms with E-state index in [0.717, 1.165) is 10.0 Å². The van der Waals surface area contributed by atoms with Crippen LogP contribution >= 0.6 is 15.9 Å². The minimum Gasteiger partial charge on any atom is -0.493 e. The Morgan fingerprint density at radius 3 is 2.50 bits per heavy atom. The fourth-order valence-electron chi connectivity index (χ4n) is 2.22. The fraction of sp³-hybridized carbons (Fsp3) is 0.533. The van der Waals surface area contributed by atoms with E-state index in [4.69, 9.17) is 9.47 Å². The molecule has 0 aliphatic heterocycles. The van der Waals surface area contributed by atoms with E-state index in [1.165, 1.54) is 6.42 Å². The van der Waals surface area contributed by atoms with Crippen LogP contribution in [-0.2, 0) is 11.3 Å². The number of carbonyl (C=O) groups is 1. The van der Waals surface area contributed by atoms with Crippen molar-refractivity contribution in [2.75, 3.05) is 14.2 Å². The van der Waals surface area contributed by atoms with Crippen molar-refractivity contribution in [3.8, 4) is 11.5 Å². The predicted octanol–water partition coefficient (Wildman–Crippen LogP) is 3.13. The Balaban J connectivity index is 1.96. The van der Waals surface area contributed by atoms with Crippen molar-refractivity contribution in [1.29, 1.82) is 0 Å². The minimum atomic E-state index is 0.112. The number of carbonyl (C=O) groups excluding carboxylic acids is 1. The molecule has 0 bridgehead atoms. The summed E-state index contributed by atoms with van der Waals surface area (Å²) in [4.78, 5) is 11.8. The SMILES string of the molecule is COc1cc(Br)c(CNC(=O)CC2CC2C)cc1OC. The fourth-order valence-corrected chi connectivity index (χ4v) is 2.68. The van der Waals surface area contributed by atoms with E-state index in [1.54, 1.807) is 14.2 Å². The first-order valence-corrected chi connectivity index (χ1v) is 7.51. The molecule has 20 heavy (non-hydrogen) atoms. The first kappa shape index (κ1) is 15.2. The lowest BCUT2D eigenvalue weighted by atomic mass is 10.2. The van der Waals surface area contributed by atoms with Crippen molar-refractivity contribution in [3.63, 3.8) is 0 Å². The van der Waals surface area contributed by atoms with Crippen LogP contribution < -0.4 is 14.8 Å². The molecule has 1 saturated carbocycles. The number of halogens is 1. The minimum absolute atomic E-state index is 0.112. The largest absolute Gasteiger partial charge is 0.493 e. The Bertz CT molecular complexity index is 504.